The van der Waals surface area contributed by atoms with E-state index < -0.39 is 0 Å². The fraction of sp³-hybridized carbons (Fsp3) is 0.533. The highest BCUT2D eigenvalue weighted by molar-refractivity contribution is 5.93. The highest BCUT2D eigenvalue weighted by atomic mass is 16.1. The van der Waals surface area contributed by atoms with Gasteiger partial charge in [0, 0.05) is 18.2 Å². The third-order valence-corrected chi connectivity index (χ3v) is 4.03. The number of rotatable bonds is 3. The monoisotopic (exact) mass is 246 g/mol. The van der Waals surface area contributed by atoms with Crippen molar-refractivity contribution in [3.8, 4) is 0 Å². The van der Waals surface area contributed by atoms with E-state index in [0.717, 1.165) is 30.5 Å². The van der Waals surface area contributed by atoms with Crippen molar-refractivity contribution in [2.24, 2.45) is 17.1 Å². The SMILES string of the molecule is CC1(C)CCCC1C(=O)Nc1ccc(CN)cc1. The maximum Gasteiger partial charge on any atom is 0.228 e. The minimum Gasteiger partial charge on any atom is -0.326 e. The van der Waals surface area contributed by atoms with Crippen molar-refractivity contribution < 1.29 is 4.79 Å². The van der Waals surface area contributed by atoms with E-state index in [4.69, 9.17) is 5.73 Å². The minimum atomic E-state index is 0.126. The van der Waals surface area contributed by atoms with Crippen molar-refractivity contribution in [2.45, 2.75) is 39.7 Å². The first-order chi connectivity index (χ1) is 8.53. The molecule has 2 rings (SSSR count). The molecule has 0 spiro atoms. The Morgan fingerprint density at radius 1 is 1.39 bits per heavy atom. The highest BCUT2D eigenvalue weighted by Crippen LogP contribution is 2.42. The van der Waals surface area contributed by atoms with Crippen molar-refractivity contribution >= 4 is 11.6 Å². The lowest BCUT2D eigenvalue weighted by Crippen LogP contribution is -2.30. The fourth-order valence-corrected chi connectivity index (χ4v) is 2.77. The number of hydrogen-bond acceptors (Lipinski definition) is 2. The molecule has 1 fully saturated rings. The molecule has 0 heterocycles. The summed E-state index contributed by atoms with van der Waals surface area (Å²) < 4.78 is 0. The number of benzene rings is 1. The van der Waals surface area contributed by atoms with E-state index in [2.05, 4.69) is 19.2 Å². The van der Waals surface area contributed by atoms with Crippen LogP contribution in [-0.2, 0) is 11.3 Å². The molecule has 1 aliphatic carbocycles. The minimum absolute atomic E-state index is 0.126. The molecule has 1 unspecified atom stereocenters. The van der Waals surface area contributed by atoms with E-state index in [1.807, 2.05) is 24.3 Å². The second-order valence-electron chi connectivity index (χ2n) is 5.82. The molecule has 3 N–H and O–H groups in total. The molecule has 0 saturated heterocycles. The summed E-state index contributed by atoms with van der Waals surface area (Å²) in [6.45, 7) is 4.90. The Morgan fingerprint density at radius 3 is 2.56 bits per heavy atom. The Labute approximate surface area is 109 Å². The normalized spacial score (nSPS) is 21.8. The number of amides is 1. The first-order valence-corrected chi connectivity index (χ1v) is 6.63. The number of carbonyl (C=O) groups is 1. The molecule has 1 aliphatic rings. The van der Waals surface area contributed by atoms with Gasteiger partial charge in [-0.25, -0.2) is 0 Å². The average molecular weight is 246 g/mol. The van der Waals surface area contributed by atoms with Crippen LogP contribution in [0, 0.1) is 11.3 Å². The molecule has 1 saturated carbocycles. The maximum atomic E-state index is 12.2. The van der Waals surface area contributed by atoms with E-state index in [9.17, 15) is 4.79 Å². The van der Waals surface area contributed by atoms with Crippen molar-refractivity contribution in [1.82, 2.24) is 0 Å². The zero-order valence-electron chi connectivity index (χ0n) is 11.2. The van der Waals surface area contributed by atoms with Crippen molar-refractivity contribution in [2.75, 3.05) is 5.32 Å². The van der Waals surface area contributed by atoms with E-state index in [1.165, 1.54) is 0 Å². The number of nitrogens with two attached hydrogens (primary N) is 1. The van der Waals surface area contributed by atoms with Crippen molar-refractivity contribution in [3.05, 3.63) is 29.8 Å². The summed E-state index contributed by atoms with van der Waals surface area (Å²) in [6, 6.07) is 7.74. The second-order valence-corrected chi connectivity index (χ2v) is 5.82. The third kappa shape index (κ3) is 2.72. The molecule has 0 aromatic heterocycles. The molecule has 0 aliphatic heterocycles. The van der Waals surface area contributed by atoms with Gasteiger partial charge in [-0.1, -0.05) is 32.4 Å². The Bertz CT molecular complexity index is 423. The molecule has 0 bridgehead atoms. The second kappa shape index (κ2) is 5.11. The molecule has 0 radical (unpaired) electrons. The van der Waals surface area contributed by atoms with Crippen molar-refractivity contribution in [3.63, 3.8) is 0 Å². The van der Waals surface area contributed by atoms with Gasteiger partial charge in [-0.3, -0.25) is 4.79 Å². The lowest BCUT2D eigenvalue weighted by molar-refractivity contribution is -0.122. The van der Waals surface area contributed by atoms with E-state index >= 15 is 0 Å². The molecule has 3 nitrogen and oxygen atoms in total. The fourth-order valence-electron chi connectivity index (χ4n) is 2.77. The zero-order valence-corrected chi connectivity index (χ0v) is 11.2. The van der Waals surface area contributed by atoms with Crippen molar-refractivity contribution in [1.29, 1.82) is 0 Å². The first-order valence-electron chi connectivity index (χ1n) is 6.63. The molecular weight excluding hydrogens is 224 g/mol. The Balaban J connectivity index is 2.02. The largest absolute Gasteiger partial charge is 0.326 e. The Kier molecular flexibility index (Phi) is 3.71. The van der Waals surface area contributed by atoms with Gasteiger partial charge in [0.25, 0.3) is 0 Å². The lowest BCUT2D eigenvalue weighted by Gasteiger charge is -2.25. The molecule has 98 valence electrons. The number of carbonyl (C=O) groups excluding carboxylic acids is 1. The molecular formula is C15H22N2O. The predicted octanol–water partition coefficient (Wildman–Crippen LogP) is 2.91. The van der Waals surface area contributed by atoms with Gasteiger partial charge in [-0.15, -0.1) is 0 Å². The standard InChI is InChI=1S/C15H22N2O/c1-15(2)9-3-4-13(15)14(18)17-12-7-5-11(10-16)6-8-12/h5-8,13H,3-4,9-10,16H2,1-2H3,(H,17,18). The molecule has 1 amide bonds. The average Bonchev–Trinajstić information content (AvgIpc) is 2.70. The Morgan fingerprint density at radius 2 is 2.06 bits per heavy atom. The van der Waals surface area contributed by atoms with E-state index in [-0.39, 0.29) is 17.2 Å². The molecule has 1 aromatic rings. The molecule has 3 heteroatoms. The summed E-state index contributed by atoms with van der Waals surface area (Å²) in [5.41, 5.74) is 7.61. The van der Waals surface area contributed by atoms with E-state index in [0.29, 0.717) is 6.54 Å². The summed E-state index contributed by atoms with van der Waals surface area (Å²) >= 11 is 0. The summed E-state index contributed by atoms with van der Waals surface area (Å²) in [4.78, 5) is 12.2. The van der Waals surface area contributed by atoms with Crippen LogP contribution in [0.1, 0.15) is 38.7 Å². The Hall–Kier alpha value is -1.35. The van der Waals surface area contributed by atoms with E-state index in [1.54, 1.807) is 0 Å². The smallest absolute Gasteiger partial charge is 0.228 e. The predicted molar refractivity (Wildman–Crippen MR) is 74.1 cm³/mol. The van der Waals surface area contributed by atoms with Gasteiger partial charge in [0.2, 0.25) is 5.91 Å². The summed E-state index contributed by atoms with van der Waals surface area (Å²) in [6.07, 6.45) is 3.29. The first kappa shape index (κ1) is 13.1. The van der Waals surface area contributed by atoms with Crippen LogP contribution in [0.4, 0.5) is 5.69 Å². The maximum absolute atomic E-state index is 12.2. The van der Waals surface area contributed by atoms with Crippen LogP contribution in [-0.4, -0.2) is 5.91 Å². The molecule has 1 atom stereocenters. The number of anilines is 1. The van der Waals surface area contributed by atoms with Gasteiger partial charge in [0.05, 0.1) is 0 Å². The van der Waals surface area contributed by atoms with Gasteiger partial charge >= 0.3 is 0 Å². The van der Waals surface area contributed by atoms with Gasteiger partial charge in [0.1, 0.15) is 0 Å². The number of nitrogens with one attached hydrogen (secondary N) is 1. The lowest BCUT2D eigenvalue weighted by atomic mass is 9.81. The van der Waals surface area contributed by atoms with Gasteiger partial charge < -0.3 is 11.1 Å². The highest BCUT2D eigenvalue weighted by Gasteiger charge is 2.39. The van der Waals surface area contributed by atoms with Crippen LogP contribution in [0.15, 0.2) is 24.3 Å². The molecule has 18 heavy (non-hydrogen) atoms. The third-order valence-electron chi connectivity index (χ3n) is 4.03. The van der Waals surface area contributed by atoms with Crippen LogP contribution < -0.4 is 11.1 Å². The van der Waals surface area contributed by atoms with Gasteiger partial charge in [-0.2, -0.15) is 0 Å². The van der Waals surface area contributed by atoms with Crippen LogP contribution >= 0.6 is 0 Å². The summed E-state index contributed by atoms with van der Waals surface area (Å²) in [5.74, 6) is 0.282. The van der Waals surface area contributed by atoms with Crippen LogP contribution in [0.2, 0.25) is 0 Å². The zero-order chi connectivity index (χ0) is 13.2. The number of hydrogen-bond donors (Lipinski definition) is 2. The van der Waals surface area contributed by atoms with Crippen LogP contribution in [0.25, 0.3) is 0 Å². The van der Waals surface area contributed by atoms with Gasteiger partial charge in [0.15, 0.2) is 0 Å². The summed E-state index contributed by atoms with van der Waals surface area (Å²) in [7, 11) is 0. The molecule has 1 aromatic carbocycles. The quantitative estimate of drug-likeness (QED) is 0.861. The van der Waals surface area contributed by atoms with Gasteiger partial charge in [-0.05, 0) is 36.0 Å². The topological polar surface area (TPSA) is 55.1 Å². The van der Waals surface area contributed by atoms with Crippen LogP contribution in [0.5, 0.6) is 0 Å². The summed E-state index contributed by atoms with van der Waals surface area (Å²) in [5, 5.41) is 3.01. The van der Waals surface area contributed by atoms with Crippen LogP contribution in [0.3, 0.4) is 0 Å².